The normalized spacial score (nSPS) is 14.9. The van der Waals surface area contributed by atoms with Crippen LogP contribution in [0.3, 0.4) is 0 Å². The third kappa shape index (κ3) is 3.54. The third-order valence-corrected chi connectivity index (χ3v) is 4.26. The van der Waals surface area contributed by atoms with Crippen molar-refractivity contribution < 1.29 is 9.53 Å². The molecule has 0 unspecified atom stereocenters. The van der Waals surface area contributed by atoms with Crippen LogP contribution in [0.2, 0.25) is 0 Å². The number of aromatic nitrogens is 2. The lowest BCUT2D eigenvalue weighted by Gasteiger charge is -2.27. The van der Waals surface area contributed by atoms with Crippen molar-refractivity contribution in [1.29, 1.82) is 0 Å². The summed E-state index contributed by atoms with van der Waals surface area (Å²) in [6.45, 7) is 6.55. The molecular weight excluding hydrogens is 292 g/mol. The minimum Gasteiger partial charge on any atom is -0.385 e. The molecule has 1 aliphatic heterocycles. The van der Waals surface area contributed by atoms with Gasteiger partial charge in [0.05, 0.1) is 17.6 Å². The predicted octanol–water partition coefficient (Wildman–Crippen LogP) is 2.24. The second-order valence-electron chi connectivity index (χ2n) is 5.91. The number of fused-ring (bicyclic) bond motifs is 3. The highest BCUT2D eigenvalue weighted by molar-refractivity contribution is 5.92. The summed E-state index contributed by atoms with van der Waals surface area (Å²) in [5.74, 6) is 1.13. The molecule has 23 heavy (non-hydrogen) atoms. The molecular formula is C17H24N4O2. The number of rotatable bonds is 6. The molecule has 3 rings (SSSR count). The maximum absolute atomic E-state index is 11.5. The Bertz CT molecular complexity index is 695. The number of imidazole rings is 1. The number of nitrogens with zero attached hydrogens (tertiary/aromatic N) is 3. The van der Waals surface area contributed by atoms with E-state index in [-0.39, 0.29) is 5.91 Å². The highest BCUT2D eigenvalue weighted by atomic mass is 16.5. The molecule has 2 heterocycles. The molecule has 2 aromatic rings. The van der Waals surface area contributed by atoms with Gasteiger partial charge in [0.25, 0.3) is 0 Å². The zero-order valence-electron chi connectivity index (χ0n) is 13.8. The van der Waals surface area contributed by atoms with Gasteiger partial charge in [0.2, 0.25) is 5.91 Å². The fraction of sp³-hybridized carbons (Fsp3) is 0.529. The number of ether oxygens (including phenoxy) is 1. The fourth-order valence-corrected chi connectivity index (χ4v) is 3.02. The van der Waals surface area contributed by atoms with Crippen molar-refractivity contribution in [2.75, 3.05) is 32.1 Å². The van der Waals surface area contributed by atoms with Crippen molar-refractivity contribution >= 4 is 22.6 Å². The molecule has 124 valence electrons. The van der Waals surface area contributed by atoms with Gasteiger partial charge in [-0.2, -0.15) is 0 Å². The van der Waals surface area contributed by atoms with E-state index >= 15 is 0 Å². The second-order valence-corrected chi connectivity index (χ2v) is 5.91. The van der Waals surface area contributed by atoms with Crippen LogP contribution in [0, 0.1) is 0 Å². The summed E-state index contributed by atoms with van der Waals surface area (Å²) >= 11 is 0. The van der Waals surface area contributed by atoms with E-state index in [1.54, 1.807) is 7.11 Å². The maximum Gasteiger partial charge on any atom is 0.224 e. The number of nitrogens with one attached hydrogen (secondary N) is 1. The summed E-state index contributed by atoms with van der Waals surface area (Å²) in [7, 11) is 1.74. The lowest BCUT2D eigenvalue weighted by molar-refractivity contribution is -0.115. The summed E-state index contributed by atoms with van der Waals surface area (Å²) in [5, 5.41) is 2.89. The Morgan fingerprint density at radius 1 is 1.39 bits per heavy atom. The Morgan fingerprint density at radius 2 is 2.26 bits per heavy atom. The Labute approximate surface area is 136 Å². The van der Waals surface area contributed by atoms with Gasteiger partial charge in [0, 0.05) is 45.5 Å². The van der Waals surface area contributed by atoms with Gasteiger partial charge in [-0.3, -0.25) is 9.69 Å². The number of carbonyl (C=O) groups excluding carboxylic acids is 1. The first kappa shape index (κ1) is 16.0. The molecule has 6 nitrogen and oxygen atoms in total. The first-order valence-corrected chi connectivity index (χ1v) is 8.21. The van der Waals surface area contributed by atoms with Crippen LogP contribution in [0.1, 0.15) is 25.6 Å². The second kappa shape index (κ2) is 7.10. The van der Waals surface area contributed by atoms with Gasteiger partial charge in [-0.05, 0) is 24.6 Å². The summed E-state index contributed by atoms with van der Waals surface area (Å²) in [4.78, 5) is 18.7. The van der Waals surface area contributed by atoms with Crippen LogP contribution in [-0.2, 0) is 22.6 Å². The van der Waals surface area contributed by atoms with Crippen LogP contribution in [0.15, 0.2) is 18.2 Å². The number of methoxy groups -OCH3 is 1. The first-order valence-electron chi connectivity index (χ1n) is 8.21. The molecule has 1 aliphatic rings. The molecule has 0 radical (unpaired) electrons. The minimum atomic E-state index is 0.0256. The number of hydrogen-bond acceptors (Lipinski definition) is 4. The Balaban J connectivity index is 1.76. The number of hydrogen-bond donors (Lipinski definition) is 1. The van der Waals surface area contributed by atoms with E-state index < -0.39 is 0 Å². The molecule has 1 amide bonds. The SMILES string of the molecule is CCC(=O)Nc1ccc2c(c1)nc1n2CCN(CCCOC)C1. The standard InChI is InChI=1S/C17H24N4O2/c1-3-17(22)18-13-5-6-15-14(11-13)19-16-12-20(7-4-10-23-2)8-9-21(15)16/h5-6,11H,3-4,7-10,12H2,1-2H3,(H,18,22). The lowest BCUT2D eigenvalue weighted by Crippen LogP contribution is -2.34. The van der Waals surface area contributed by atoms with Crippen LogP contribution in [0.4, 0.5) is 5.69 Å². The summed E-state index contributed by atoms with van der Waals surface area (Å²) in [6, 6.07) is 5.97. The topological polar surface area (TPSA) is 59.4 Å². The van der Waals surface area contributed by atoms with Crippen molar-refractivity contribution in [3.05, 3.63) is 24.0 Å². The quantitative estimate of drug-likeness (QED) is 0.830. The lowest BCUT2D eigenvalue weighted by atomic mass is 10.2. The van der Waals surface area contributed by atoms with Crippen LogP contribution in [0.5, 0.6) is 0 Å². The van der Waals surface area contributed by atoms with Gasteiger partial charge < -0.3 is 14.6 Å². The van der Waals surface area contributed by atoms with E-state index in [1.165, 1.54) is 0 Å². The van der Waals surface area contributed by atoms with Gasteiger partial charge in [-0.1, -0.05) is 6.92 Å². The Morgan fingerprint density at radius 3 is 3.04 bits per heavy atom. The van der Waals surface area contributed by atoms with Gasteiger partial charge in [0.1, 0.15) is 5.82 Å². The number of amides is 1. The molecule has 1 aromatic heterocycles. The smallest absolute Gasteiger partial charge is 0.224 e. The van der Waals surface area contributed by atoms with Crippen molar-refractivity contribution in [2.45, 2.75) is 32.9 Å². The first-order chi connectivity index (χ1) is 11.2. The summed E-state index contributed by atoms with van der Waals surface area (Å²) < 4.78 is 7.41. The van der Waals surface area contributed by atoms with E-state index in [0.29, 0.717) is 6.42 Å². The van der Waals surface area contributed by atoms with Crippen molar-refractivity contribution in [3.63, 3.8) is 0 Å². The van der Waals surface area contributed by atoms with Crippen LogP contribution < -0.4 is 5.32 Å². The van der Waals surface area contributed by atoms with E-state index in [2.05, 4.69) is 20.9 Å². The molecule has 0 fully saturated rings. The van der Waals surface area contributed by atoms with Gasteiger partial charge >= 0.3 is 0 Å². The van der Waals surface area contributed by atoms with E-state index in [4.69, 9.17) is 9.72 Å². The van der Waals surface area contributed by atoms with Crippen LogP contribution >= 0.6 is 0 Å². The molecule has 0 saturated heterocycles. The van der Waals surface area contributed by atoms with Gasteiger partial charge in [-0.15, -0.1) is 0 Å². The molecule has 0 saturated carbocycles. The number of anilines is 1. The zero-order chi connectivity index (χ0) is 16.2. The fourth-order valence-electron chi connectivity index (χ4n) is 3.02. The van der Waals surface area contributed by atoms with Gasteiger partial charge in [0.15, 0.2) is 0 Å². The largest absolute Gasteiger partial charge is 0.385 e. The maximum atomic E-state index is 11.5. The van der Waals surface area contributed by atoms with E-state index in [9.17, 15) is 4.79 Å². The zero-order valence-corrected chi connectivity index (χ0v) is 13.8. The number of benzene rings is 1. The van der Waals surface area contributed by atoms with E-state index in [0.717, 1.165) is 61.8 Å². The predicted molar refractivity (Wildman–Crippen MR) is 90.4 cm³/mol. The minimum absolute atomic E-state index is 0.0256. The van der Waals surface area contributed by atoms with Gasteiger partial charge in [-0.25, -0.2) is 4.98 Å². The number of carbonyl (C=O) groups is 1. The molecule has 0 bridgehead atoms. The molecule has 6 heteroatoms. The molecule has 0 atom stereocenters. The Hall–Kier alpha value is -1.92. The summed E-state index contributed by atoms with van der Waals surface area (Å²) in [5.41, 5.74) is 2.91. The highest BCUT2D eigenvalue weighted by Gasteiger charge is 2.19. The molecule has 0 spiro atoms. The van der Waals surface area contributed by atoms with Crippen LogP contribution in [-0.4, -0.2) is 47.2 Å². The third-order valence-electron chi connectivity index (χ3n) is 4.26. The Kier molecular flexibility index (Phi) is 4.93. The average Bonchev–Trinajstić information content (AvgIpc) is 2.91. The molecule has 1 aromatic carbocycles. The van der Waals surface area contributed by atoms with E-state index in [1.807, 2.05) is 19.1 Å². The monoisotopic (exact) mass is 316 g/mol. The molecule has 0 aliphatic carbocycles. The molecule has 1 N–H and O–H groups in total. The highest BCUT2D eigenvalue weighted by Crippen LogP contribution is 2.24. The van der Waals surface area contributed by atoms with Crippen molar-refractivity contribution in [2.24, 2.45) is 0 Å². The summed E-state index contributed by atoms with van der Waals surface area (Å²) in [6.07, 6.45) is 1.53. The van der Waals surface area contributed by atoms with Crippen molar-refractivity contribution in [3.8, 4) is 0 Å². The van der Waals surface area contributed by atoms with Crippen molar-refractivity contribution in [1.82, 2.24) is 14.5 Å². The van der Waals surface area contributed by atoms with Crippen LogP contribution in [0.25, 0.3) is 11.0 Å². The average molecular weight is 316 g/mol.